The van der Waals surface area contributed by atoms with Crippen LogP contribution in [0.5, 0.6) is 0 Å². The molecule has 0 aromatic heterocycles. The molecule has 0 aliphatic heterocycles. The summed E-state index contributed by atoms with van der Waals surface area (Å²) in [6.45, 7) is 0. The largest absolute Gasteiger partial charge is 0.376 e. The van der Waals surface area contributed by atoms with Crippen LogP contribution in [0.1, 0.15) is 0 Å². The van der Waals surface area contributed by atoms with Crippen molar-refractivity contribution in [3.05, 3.63) is 48.5 Å². The van der Waals surface area contributed by atoms with Gasteiger partial charge in [-0.25, -0.2) is 4.99 Å². The Morgan fingerprint density at radius 2 is 1.30 bits per heavy atom. The number of nitrogens with zero attached hydrogens (tertiary/aromatic N) is 1. The average molecular weight is 436 g/mol. The summed E-state index contributed by atoms with van der Waals surface area (Å²) in [6.07, 6.45) is 0. The topological polar surface area (TPSA) is 124 Å². The van der Waals surface area contributed by atoms with Gasteiger partial charge in [0.15, 0.2) is 15.4 Å². The van der Waals surface area contributed by atoms with Crippen molar-refractivity contribution in [2.45, 2.75) is 0 Å². The summed E-state index contributed by atoms with van der Waals surface area (Å²) in [4.78, 5) is 4.31. The smallest absolute Gasteiger partial charge is 0.169 e. The minimum Gasteiger partial charge on any atom is -0.376 e. The number of nitrogens with two attached hydrogens (primary N) is 2. The molecule has 0 radical (unpaired) electrons. The lowest BCUT2D eigenvalue weighted by molar-refractivity contribution is 1.51. The standard InChI is InChI=1S/C16H17N7S4/c17-14(24)21-11-3-1-10(2-4-11)20-9-26-27-16(19)23-13-7-5-12(6-8-13)22-15(18)25/h1-9H,(H2,19,23)(H3,17,21,24)(H3,18,22,25). The Balaban J connectivity index is 1.76. The maximum absolute atomic E-state index is 7.95. The summed E-state index contributed by atoms with van der Waals surface area (Å²) in [5, 5.41) is 17.3. The first kappa shape index (κ1) is 21.0. The number of amidine groups is 1. The molecule has 0 aliphatic carbocycles. The van der Waals surface area contributed by atoms with E-state index in [4.69, 9.17) is 41.3 Å². The molecule has 0 heterocycles. The molecule has 2 aromatic carbocycles. The fourth-order valence-electron chi connectivity index (χ4n) is 1.86. The number of anilines is 3. The minimum atomic E-state index is 0.212. The molecule has 27 heavy (non-hydrogen) atoms. The number of rotatable bonds is 6. The lowest BCUT2D eigenvalue weighted by atomic mass is 10.3. The predicted molar refractivity (Wildman–Crippen MR) is 128 cm³/mol. The van der Waals surface area contributed by atoms with Crippen molar-refractivity contribution in [3.63, 3.8) is 0 Å². The molecule has 0 unspecified atom stereocenters. The maximum atomic E-state index is 7.95. The van der Waals surface area contributed by atoms with Gasteiger partial charge in [-0.05, 0) is 94.6 Å². The number of hydrogen-bond donors (Lipinski definition) is 6. The summed E-state index contributed by atoms with van der Waals surface area (Å²) >= 11 is 9.56. The first-order chi connectivity index (χ1) is 12.9. The highest BCUT2D eigenvalue weighted by atomic mass is 33.1. The van der Waals surface area contributed by atoms with Crippen LogP contribution < -0.4 is 27.4 Å². The van der Waals surface area contributed by atoms with Gasteiger partial charge in [0.1, 0.15) is 0 Å². The van der Waals surface area contributed by atoms with Gasteiger partial charge in [-0.1, -0.05) is 0 Å². The summed E-state index contributed by atoms with van der Waals surface area (Å²) in [6, 6.07) is 14.7. The molecule has 0 atom stereocenters. The van der Waals surface area contributed by atoms with Crippen LogP contribution in [0.2, 0.25) is 0 Å². The number of hydrogen-bond acceptors (Lipinski definition) is 6. The van der Waals surface area contributed by atoms with Gasteiger partial charge in [0, 0.05) is 17.1 Å². The second kappa shape index (κ2) is 10.7. The summed E-state index contributed by atoms with van der Waals surface area (Å²) in [5.74, 6) is 0. The van der Waals surface area contributed by atoms with E-state index in [0.29, 0.717) is 0 Å². The quantitative estimate of drug-likeness (QED) is 0.172. The van der Waals surface area contributed by atoms with Crippen LogP contribution in [0.4, 0.5) is 22.7 Å². The van der Waals surface area contributed by atoms with Crippen LogP contribution in [0.3, 0.4) is 0 Å². The second-order valence-corrected chi connectivity index (χ2v) is 7.91. The molecule has 0 amide bonds. The van der Waals surface area contributed by atoms with Gasteiger partial charge in [-0.2, -0.15) is 0 Å². The van der Waals surface area contributed by atoms with E-state index in [1.54, 1.807) is 5.55 Å². The third-order valence-corrected chi connectivity index (χ3v) is 4.73. The highest BCUT2D eigenvalue weighted by molar-refractivity contribution is 8.86. The van der Waals surface area contributed by atoms with Crippen LogP contribution in [0, 0.1) is 5.41 Å². The Morgan fingerprint density at radius 1 is 0.852 bits per heavy atom. The summed E-state index contributed by atoms with van der Waals surface area (Å²) in [5.41, 5.74) is 15.7. The van der Waals surface area contributed by atoms with E-state index in [9.17, 15) is 0 Å². The van der Waals surface area contributed by atoms with Gasteiger partial charge in [-0.15, -0.1) is 0 Å². The molecule has 0 saturated heterocycles. The van der Waals surface area contributed by atoms with E-state index >= 15 is 0 Å². The van der Waals surface area contributed by atoms with E-state index in [1.165, 1.54) is 21.6 Å². The zero-order chi connectivity index (χ0) is 19.6. The number of thiocarbonyl (C=S) groups is 2. The van der Waals surface area contributed by atoms with Crippen molar-refractivity contribution in [3.8, 4) is 0 Å². The molecule has 2 rings (SSSR count). The Hall–Kier alpha value is -2.34. The first-order valence-corrected chi connectivity index (χ1v) is 10.5. The van der Waals surface area contributed by atoms with Crippen molar-refractivity contribution >= 4 is 89.7 Å². The van der Waals surface area contributed by atoms with Crippen molar-refractivity contribution in [1.29, 1.82) is 5.41 Å². The van der Waals surface area contributed by atoms with Gasteiger partial charge in [0.2, 0.25) is 0 Å². The molecule has 0 spiro atoms. The lowest BCUT2D eigenvalue weighted by Crippen LogP contribution is -2.18. The molecular formula is C16H17N7S4. The number of benzene rings is 2. The molecule has 8 N–H and O–H groups in total. The van der Waals surface area contributed by atoms with E-state index in [0.717, 1.165) is 22.7 Å². The second-order valence-electron chi connectivity index (χ2n) is 4.97. The van der Waals surface area contributed by atoms with Gasteiger partial charge in [0.05, 0.1) is 11.2 Å². The third-order valence-electron chi connectivity index (χ3n) is 2.92. The zero-order valence-corrected chi connectivity index (χ0v) is 17.2. The molecular weight excluding hydrogens is 418 g/mol. The van der Waals surface area contributed by atoms with Crippen LogP contribution >= 0.6 is 46.0 Å². The lowest BCUT2D eigenvalue weighted by Gasteiger charge is -2.08. The SMILES string of the molecule is N=C(Nc1ccc(NC(N)=S)cc1)SSC=Nc1ccc(NC(N)=S)cc1. The van der Waals surface area contributed by atoms with E-state index in [1.807, 2.05) is 48.5 Å². The van der Waals surface area contributed by atoms with E-state index in [2.05, 4.69) is 20.9 Å². The summed E-state index contributed by atoms with van der Waals surface area (Å²) in [7, 11) is 2.59. The Morgan fingerprint density at radius 3 is 1.78 bits per heavy atom. The molecule has 7 nitrogen and oxygen atoms in total. The Kier molecular flexibility index (Phi) is 8.33. The molecule has 0 saturated carbocycles. The molecule has 140 valence electrons. The average Bonchev–Trinajstić information content (AvgIpc) is 2.61. The predicted octanol–water partition coefficient (Wildman–Crippen LogP) is 4.09. The van der Waals surface area contributed by atoms with Crippen LogP contribution in [0.15, 0.2) is 53.5 Å². The number of aliphatic imine (C=N–C) groups is 1. The van der Waals surface area contributed by atoms with Crippen LogP contribution in [-0.2, 0) is 0 Å². The van der Waals surface area contributed by atoms with Crippen molar-refractivity contribution < 1.29 is 0 Å². The van der Waals surface area contributed by atoms with E-state index < -0.39 is 0 Å². The van der Waals surface area contributed by atoms with Gasteiger partial charge < -0.3 is 27.4 Å². The molecule has 2 aromatic rings. The number of nitrogens with one attached hydrogen (secondary N) is 4. The van der Waals surface area contributed by atoms with Gasteiger partial charge in [-0.3, -0.25) is 5.41 Å². The maximum Gasteiger partial charge on any atom is 0.169 e. The fraction of sp³-hybridized carbons (Fsp3) is 0. The molecule has 0 fully saturated rings. The highest BCUT2D eigenvalue weighted by Crippen LogP contribution is 2.24. The third kappa shape index (κ3) is 8.26. The highest BCUT2D eigenvalue weighted by Gasteiger charge is 2.00. The van der Waals surface area contributed by atoms with E-state index in [-0.39, 0.29) is 15.4 Å². The normalized spacial score (nSPS) is 10.4. The van der Waals surface area contributed by atoms with Crippen LogP contribution in [-0.4, -0.2) is 20.9 Å². The zero-order valence-electron chi connectivity index (χ0n) is 13.9. The minimum absolute atomic E-state index is 0.212. The van der Waals surface area contributed by atoms with Crippen molar-refractivity contribution in [2.75, 3.05) is 16.0 Å². The fourth-order valence-corrected chi connectivity index (χ4v) is 3.23. The first-order valence-electron chi connectivity index (χ1n) is 7.47. The van der Waals surface area contributed by atoms with Crippen molar-refractivity contribution in [1.82, 2.24) is 0 Å². The summed E-state index contributed by atoms with van der Waals surface area (Å²) < 4.78 is 0. The van der Waals surface area contributed by atoms with Gasteiger partial charge in [0.25, 0.3) is 0 Å². The van der Waals surface area contributed by atoms with Gasteiger partial charge >= 0.3 is 0 Å². The van der Waals surface area contributed by atoms with Crippen LogP contribution in [0.25, 0.3) is 0 Å². The molecule has 0 bridgehead atoms. The van der Waals surface area contributed by atoms with Crippen molar-refractivity contribution in [2.24, 2.45) is 16.5 Å². The Bertz CT molecular complexity index is 835. The Labute approximate surface area is 175 Å². The molecule has 0 aliphatic rings. The molecule has 11 heteroatoms. The monoisotopic (exact) mass is 435 g/mol.